The number of hydrogen-bond acceptors (Lipinski definition) is 1. The van der Waals surface area contributed by atoms with Gasteiger partial charge in [-0.25, -0.2) is 0 Å². The zero-order valence-electron chi connectivity index (χ0n) is 28.6. The van der Waals surface area contributed by atoms with Crippen molar-refractivity contribution >= 4 is 17.1 Å². The lowest BCUT2D eigenvalue weighted by molar-refractivity contribution is 0.714. The van der Waals surface area contributed by atoms with E-state index in [4.69, 9.17) is 0 Å². The van der Waals surface area contributed by atoms with Gasteiger partial charge in [0.25, 0.3) is 0 Å². The van der Waals surface area contributed by atoms with E-state index < -0.39 is 0 Å². The van der Waals surface area contributed by atoms with Crippen LogP contribution in [0.2, 0.25) is 0 Å². The van der Waals surface area contributed by atoms with Crippen molar-refractivity contribution in [2.24, 2.45) is 0 Å². The summed E-state index contributed by atoms with van der Waals surface area (Å²) in [7, 11) is 0. The molecule has 1 nitrogen and oxygen atoms in total. The summed E-state index contributed by atoms with van der Waals surface area (Å²) in [6.07, 6.45) is 0. The van der Waals surface area contributed by atoms with Gasteiger partial charge in [-0.05, 0) is 105 Å². The summed E-state index contributed by atoms with van der Waals surface area (Å²) >= 11 is 0. The molecule has 0 fully saturated rings. The minimum absolute atomic E-state index is 0.346. The lowest BCUT2D eigenvalue weighted by Crippen LogP contribution is -2.23. The van der Waals surface area contributed by atoms with Crippen LogP contribution in [0.3, 0.4) is 0 Å². The van der Waals surface area contributed by atoms with E-state index in [9.17, 15) is 0 Å². The van der Waals surface area contributed by atoms with Gasteiger partial charge < -0.3 is 4.90 Å². The molecule has 242 valence electrons. The molecule has 0 spiro atoms. The molecule has 51 heavy (non-hydrogen) atoms. The van der Waals surface area contributed by atoms with E-state index in [1.54, 1.807) is 0 Å². The average Bonchev–Trinajstić information content (AvgIpc) is 3.48. The zero-order valence-corrected chi connectivity index (χ0v) is 28.6. The maximum atomic E-state index is 2.43. The van der Waals surface area contributed by atoms with Gasteiger partial charge in [-0.1, -0.05) is 170 Å². The molecule has 8 aromatic rings. The average molecular weight is 652 g/mol. The summed E-state index contributed by atoms with van der Waals surface area (Å²) in [5.74, 6) is 0. The number of nitrogens with zero attached hydrogens (tertiary/aromatic N) is 1. The molecule has 0 aromatic heterocycles. The molecule has 0 bridgehead atoms. The van der Waals surface area contributed by atoms with Crippen molar-refractivity contribution < 1.29 is 0 Å². The molecular weight excluding hydrogens is 615 g/mol. The van der Waals surface area contributed by atoms with Crippen molar-refractivity contribution in [2.45, 2.75) is 12.3 Å². The lowest BCUT2D eigenvalue weighted by Gasteiger charge is -2.31. The summed E-state index contributed by atoms with van der Waals surface area (Å²) in [4.78, 5) is 2.38. The van der Waals surface area contributed by atoms with Crippen LogP contribution in [0.15, 0.2) is 206 Å². The van der Waals surface area contributed by atoms with Crippen LogP contribution in [0.1, 0.15) is 23.6 Å². The Labute approximate surface area is 300 Å². The van der Waals surface area contributed by atoms with Crippen molar-refractivity contribution in [1.82, 2.24) is 0 Å². The highest BCUT2D eigenvalue weighted by Crippen LogP contribution is 2.56. The molecule has 0 saturated carbocycles. The van der Waals surface area contributed by atoms with Gasteiger partial charge in [0.2, 0.25) is 0 Å². The van der Waals surface area contributed by atoms with Crippen molar-refractivity contribution in [2.75, 3.05) is 4.90 Å². The molecule has 0 amide bonds. The fraction of sp³-hybridized carbons (Fsp3) is 0.0400. The van der Waals surface area contributed by atoms with Gasteiger partial charge in [-0.3, -0.25) is 0 Å². The number of para-hydroxylation sites is 1. The van der Waals surface area contributed by atoms with E-state index in [1.807, 2.05) is 0 Å². The second-order valence-corrected chi connectivity index (χ2v) is 13.5. The molecule has 1 aliphatic carbocycles. The van der Waals surface area contributed by atoms with E-state index in [0.29, 0.717) is 0 Å². The van der Waals surface area contributed by atoms with E-state index >= 15 is 0 Å². The van der Waals surface area contributed by atoms with Crippen LogP contribution in [0.25, 0.3) is 44.5 Å². The third kappa shape index (κ3) is 5.35. The maximum absolute atomic E-state index is 2.43. The van der Waals surface area contributed by atoms with Gasteiger partial charge in [-0.15, -0.1) is 0 Å². The molecule has 0 heterocycles. The Morgan fingerprint density at radius 3 is 1.41 bits per heavy atom. The van der Waals surface area contributed by atoms with Crippen LogP contribution < -0.4 is 4.90 Å². The molecule has 8 aromatic carbocycles. The quantitative estimate of drug-likeness (QED) is 0.166. The fourth-order valence-electron chi connectivity index (χ4n) is 7.96. The van der Waals surface area contributed by atoms with Gasteiger partial charge in [-0.2, -0.15) is 0 Å². The molecule has 0 radical (unpaired) electrons. The van der Waals surface area contributed by atoms with Gasteiger partial charge in [0.15, 0.2) is 0 Å². The van der Waals surface area contributed by atoms with Crippen molar-refractivity contribution in [3.63, 3.8) is 0 Å². The van der Waals surface area contributed by atoms with Gasteiger partial charge >= 0.3 is 0 Å². The number of anilines is 3. The van der Waals surface area contributed by atoms with Crippen LogP contribution in [0.5, 0.6) is 0 Å². The first-order valence-corrected chi connectivity index (χ1v) is 17.7. The first kappa shape index (κ1) is 30.6. The summed E-state index contributed by atoms with van der Waals surface area (Å²) in [6.45, 7) is 2.40. The Morgan fingerprint density at radius 2 is 0.804 bits per heavy atom. The van der Waals surface area contributed by atoms with Crippen molar-refractivity contribution in [1.29, 1.82) is 0 Å². The Balaban J connectivity index is 1.20. The largest absolute Gasteiger partial charge is 0.310 e. The molecule has 0 aliphatic heterocycles. The van der Waals surface area contributed by atoms with E-state index in [2.05, 4.69) is 218 Å². The molecule has 9 rings (SSSR count). The zero-order chi connectivity index (χ0) is 34.2. The monoisotopic (exact) mass is 651 g/mol. The summed E-state index contributed by atoms with van der Waals surface area (Å²) in [5, 5.41) is 0. The highest BCUT2D eigenvalue weighted by molar-refractivity contribution is 5.95. The molecule has 0 saturated heterocycles. The van der Waals surface area contributed by atoms with Gasteiger partial charge in [0.1, 0.15) is 0 Å². The third-order valence-electron chi connectivity index (χ3n) is 10.6. The minimum atomic E-state index is -0.346. The summed E-state index contributed by atoms with van der Waals surface area (Å²) < 4.78 is 0. The fourth-order valence-corrected chi connectivity index (χ4v) is 7.96. The smallest absolute Gasteiger partial charge is 0.0465 e. The first-order chi connectivity index (χ1) is 25.2. The SMILES string of the molecule is CC1(c2ccccc2)c2cc(N(c3ccccc3)c3ccc(-c4ccccc4)cc3)ccc2-c2c(-c3ccc(-c4ccccc4)cc3)cccc21. The maximum Gasteiger partial charge on any atom is 0.0465 e. The Morgan fingerprint density at radius 1 is 0.333 bits per heavy atom. The Bertz CT molecular complexity index is 2430. The molecule has 1 atom stereocenters. The van der Waals surface area contributed by atoms with Gasteiger partial charge in [0, 0.05) is 22.5 Å². The van der Waals surface area contributed by atoms with Crippen LogP contribution in [-0.4, -0.2) is 0 Å². The minimum Gasteiger partial charge on any atom is -0.310 e. The predicted molar refractivity (Wildman–Crippen MR) is 215 cm³/mol. The number of rotatable bonds is 7. The number of fused-ring (bicyclic) bond motifs is 3. The van der Waals surface area contributed by atoms with Crippen LogP contribution in [0, 0.1) is 0 Å². The van der Waals surface area contributed by atoms with Crippen molar-refractivity contribution in [3.05, 3.63) is 223 Å². The normalized spacial score (nSPS) is 14.5. The lowest BCUT2D eigenvalue weighted by atomic mass is 9.74. The second kappa shape index (κ2) is 12.8. The topological polar surface area (TPSA) is 3.24 Å². The third-order valence-corrected chi connectivity index (χ3v) is 10.6. The van der Waals surface area contributed by atoms with Crippen LogP contribution >= 0.6 is 0 Å². The molecular formula is C50H37N. The summed E-state index contributed by atoms with van der Waals surface area (Å²) in [6, 6.07) is 74.8. The second-order valence-electron chi connectivity index (χ2n) is 13.5. The highest BCUT2D eigenvalue weighted by Gasteiger charge is 2.42. The van der Waals surface area contributed by atoms with E-state index in [0.717, 1.165) is 17.1 Å². The molecule has 1 aliphatic rings. The van der Waals surface area contributed by atoms with E-state index in [1.165, 1.54) is 61.2 Å². The van der Waals surface area contributed by atoms with E-state index in [-0.39, 0.29) is 5.41 Å². The van der Waals surface area contributed by atoms with Gasteiger partial charge in [0.05, 0.1) is 0 Å². The number of hydrogen-bond donors (Lipinski definition) is 0. The Kier molecular flexibility index (Phi) is 7.67. The van der Waals surface area contributed by atoms with Crippen LogP contribution in [-0.2, 0) is 5.41 Å². The molecule has 1 heteroatoms. The standard InChI is InChI=1S/C50H37N/c1-50(41-19-10-4-11-20-41)47-24-14-23-45(40-27-25-38(26-28-40)36-15-6-2-7-16-36)49(47)46-34-33-44(35-48(46)50)51(42-21-12-5-13-22-42)43-31-29-39(30-32-43)37-17-8-3-9-18-37/h2-35H,1H3. The summed E-state index contributed by atoms with van der Waals surface area (Å²) in [5.41, 5.74) is 17.0. The Hall–Kier alpha value is -6.44. The predicted octanol–water partition coefficient (Wildman–Crippen LogP) is 13.5. The number of benzene rings is 8. The van der Waals surface area contributed by atoms with Crippen molar-refractivity contribution in [3.8, 4) is 44.5 Å². The first-order valence-electron chi connectivity index (χ1n) is 17.7. The highest BCUT2D eigenvalue weighted by atomic mass is 15.1. The molecule has 0 N–H and O–H groups in total. The molecule has 1 unspecified atom stereocenters. The van der Waals surface area contributed by atoms with Crippen LogP contribution in [0.4, 0.5) is 17.1 Å².